The van der Waals surface area contributed by atoms with Crippen LogP contribution in [0.1, 0.15) is 56.4 Å². The van der Waals surface area contributed by atoms with Crippen molar-refractivity contribution in [1.82, 2.24) is 25.2 Å². The van der Waals surface area contributed by atoms with Gasteiger partial charge in [0.15, 0.2) is 0 Å². The fourth-order valence-electron chi connectivity index (χ4n) is 3.83. The van der Waals surface area contributed by atoms with Crippen molar-refractivity contribution in [3.05, 3.63) is 47.2 Å². The van der Waals surface area contributed by atoms with Crippen molar-refractivity contribution in [2.45, 2.75) is 66.0 Å². The third kappa shape index (κ3) is 7.03. The quantitative estimate of drug-likeness (QED) is 0.831. The summed E-state index contributed by atoms with van der Waals surface area (Å²) in [6.45, 7) is 12.2. The number of nitrogens with one attached hydrogen (secondary N) is 1. The minimum atomic E-state index is 0.571. The lowest BCUT2D eigenvalue weighted by molar-refractivity contribution is 0.233. The first-order valence-corrected chi connectivity index (χ1v) is 11.4. The molecule has 4 rings (SSSR count). The van der Waals surface area contributed by atoms with E-state index in [1.807, 2.05) is 40.1 Å². The molecule has 0 amide bonds. The molecule has 2 aliphatic rings. The van der Waals surface area contributed by atoms with E-state index in [0.29, 0.717) is 6.04 Å². The molecule has 1 N–H and O–H groups in total. The van der Waals surface area contributed by atoms with E-state index in [9.17, 15) is 0 Å². The number of anilines is 1. The van der Waals surface area contributed by atoms with Gasteiger partial charge in [-0.05, 0) is 65.3 Å². The Morgan fingerprint density at radius 3 is 2.60 bits per heavy atom. The topological polar surface area (TPSA) is 57.2 Å². The second-order valence-electron chi connectivity index (χ2n) is 7.89. The van der Waals surface area contributed by atoms with Crippen LogP contribution in [-0.2, 0) is 19.4 Å². The molecule has 1 fully saturated rings. The normalized spacial score (nSPS) is 18.5. The minimum Gasteiger partial charge on any atom is -0.354 e. The van der Waals surface area contributed by atoms with Crippen molar-refractivity contribution in [2.24, 2.45) is 0 Å². The molecule has 0 saturated carbocycles. The van der Waals surface area contributed by atoms with Crippen LogP contribution < -0.4 is 10.2 Å². The summed E-state index contributed by atoms with van der Waals surface area (Å²) in [6.07, 6.45) is 6.99. The van der Waals surface area contributed by atoms with Gasteiger partial charge in [-0.1, -0.05) is 19.9 Å². The minimum absolute atomic E-state index is 0.571. The van der Waals surface area contributed by atoms with Gasteiger partial charge in [0.25, 0.3) is 0 Å². The fourth-order valence-corrected chi connectivity index (χ4v) is 3.83. The molecule has 6 nitrogen and oxygen atoms in total. The van der Waals surface area contributed by atoms with E-state index in [0.717, 1.165) is 43.5 Å². The molecule has 2 aromatic rings. The molecule has 0 unspecified atom stereocenters. The first-order valence-electron chi connectivity index (χ1n) is 11.4. The van der Waals surface area contributed by atoms with Gasteiger partial charge in [-0.2, -0.15) is 0 Å². The van der Waals surface area contributed by atoms with Gasteiger partial charge in [-0.3, -0.25) is 4.98 Å². The summed E-state index contributed by atoms with van der Waals surface area (Å²) >= 11 is 0. The van der Waals surface area contributed by atoms with Crippen LogP contribution in [0, 0.1) is 6.92 Å². The van der Waals surface area contributed by atoms with Gasteiger partial charge in [-0.15, -0.1) is 0 Å². The van der Waals surface area contributed by atoms with Gasteiger partial charge in [0.2, 0.25) is 0 Å². The lowest BCUT2D eigenvalue weighted by atomic mass is 9.96. The van der Waals surface area contributed by atoms with E-state index >= 15 is 0 Å². The molecule has 0 aromatic carbocycles. The molecule has 0 spiro atoms. The molecule has 1 saturated heterocycles. The predicted octanol–water partition coefficient (Wildman–Crippen LogP) is 3.63. The summed E-state index contributed by atoms with van der Waals surface area (Å²) in [6, 6.07) is 6.90. The standard InChI is InChI=1S/C13H23N5.C9H11N.C2H6/c1-10-9-18(6-5-17(10)4)13-7-12(8-14-3)15-11(2)16-13;1-2-6-9-8(4-1)5-3-7-10-9;1-2/h7,10,14H,5-6,8-9H2,1-4H3;3,5,7H,1-2,4,6H2;1-2H3/t10-;;/m1../s1. The smallest absolute Gasteiger partial charge is 0.132 e. The van der Waals surface area contributed by atoms with Crippen LogP contribution in [0.25, 0.3) is 0 Å². The molecule has 6 heteroatoms. The lowest BCUT2D eigenvalue weighted by Gasteiger charge is -2.38. The maximum Gasteiger partial charge on any atom is 0.132 e. The molecular formula is C24H40N6. The molecule has 1 aliphatic carbocycles. The van der Waals surface area contributed by atoms with E-state index in [1.54, 1.807) is 0 Å². The van der Waals surface area contributed by atoms with Crippen LogP contribution >= 0.6 is 0 Å². The number of nitrogens with zero attached hydrogens (tertiary/aromatic N) is 5. The lowest BCUT2D eigenvalue weighted by Crippen LogP contribution is -2.50. The summed E-state index contributed by atoms with van der Waals surface area (Å²) in [5.74, 6) is 1.91. The monoisotopic (exact) mass is 412 g/mol. The zero-order valence-corrected chi connectivity index (χ0v) is 19.8. The van der Waals surface area contributed by atoms with Crippen LogP contribution in [0.15, 0.2) is 24.4 Å². The number of pyridine rings is 1. The first kappa shape index (κ1) is 24.2. The molecule has 0 bridgehead atoms. The van der Waals surface area contributed by atoms with Crippen LogP contribution in [0.4, 0.5) is 5.82 Å². The summed E-state index contributed by atoms with van der Waals surface area (Å²) < 4.78 is 0. The maximum atomic E-state index is 4.57. The van der Waals surface area contributed by atoms with Gasteiger partial charge >= 0.3 is 0 Å². The summed E-state index contributed by atoms with van der Waals surface area (Å²) in [5.41, 5.74) is 3.86. The molecule has 3 heterocycles. The van der Waals surface area contributed by atoms with E-state index in [4.69, 9.17) is 0 Å². The second-order valence-corrected chi connectivity index (χ2v) is 7.89. The largest absolute Gasteiger partial charge is 0.354 e. The summed E-state index contributed by atoms with van der Waals surface area (Å²) in [5, 5.41) is 3.14. The van der Waals surface area contributed by atoms with E-state index in [1.165, 1.54) is 36.9 Å². The highest BCUT2D eigenvalue weighted by atomic mass is 15.3. The molecule has 0 radical (unpaired) electrons. The Morgan fingerprint density at radius 2 is 1.90 bits per heavy atom. The predicted molar refractivity (Wildman–Crippen MR) is 126 cm³/mol. The van der Waals surface area contributed by atoms with Crippen LogP contribution in [-0.4, -0.2) is 59.6 Å². The summed E-state index contributed by atoms with van der Waals surface area (Å²) in [7, 11) is 4.12. The Bertz CT molecular complexity index is 738. The fraction of sp³-hybridized carbons (Fsp3) is 0.625. The highest BCUT2D eigenvalue weighted by Crippen LogP contribution is 2.18. The zero-order valence-electron chi connectivity index (χ0n) is 19.8. The Balaban J connectivity index is 0.000000224. The molecule has 1 atom stereocenters. The van der Waals surface area contributed by atoms with Gasteiger partial charge in [0.1, 0.15) is 11.6 Å². The van der Waals surface area contributed by atoms with Crippen LogP contribution in [0.5, 0.6) is 0 Å². The molecule has 30 heavy (non-hydrogen) atoms. The second kappa shape index (κ2) is 12.6. The van der Waals surface area contributed by atoms with Gasteiger partial charge in [0, 0.05) is 50.2 Å². The van der Waals surface area contributed by atoms with Crippen molar-refractivity contribution in [1.29, 1.82) is 0 Å². The average Bonchev–Trinajstić information content (AvgIpc) is 2.77. The Kier molecular flexibility index (Phi) is 10.2. The number of fused-ring (bicyclic) bond motifs is 1. The molecule has 1 aliphatic heterocycles. The molecule has 166 valence electrons. The number of aryl methyl sites for hydroxylation is 3. The Hall–Kier alpha value is -2.05. The number of piperazine rings is 1. The van der Waals surface area contributed by atoms with Gasteiger partial charge < -0.3 is 15.1 Å². The Morgan fingerprint density at radius 1 is 1.13 bits per heavy atom. The van der Waals surface area contributed by atoms with Crippen LogP contribution in [0.3, 0.4) is 0 Å². The highest BCUT2D eigenvalue weighted by Gasteiger charge is 2.22. The third-order valence-electron chi connectivity index (χ3n) is 5.61. The number of hydrogen-bond acceptors (Lipinski definition) is 6. The van der Waals surface area contributed by atoms with E-state index in [2.05, 4.69) is 56.2 Å². The van der Waals surface area contributed by atoms with Crippen molar-refractivity contribution in [3.8, 4) is 0 Å². The van der Waals surface area contributed by atoms with Crippen molar-refractivity contribution < 1.29 is 0 Å². The number of aromatic nitrogens is 3. The number of hydrogen-bond donors (Lipinski definition) is 1. The Labute approximate surface area is 183 Å². The van der Waals surface area contributed by atoms with E-state index < -0.39 is 0 Å². The maximum absolute atomic E-state index is 4.57. The average molecular weight is 413 g/mol. The van der Waals surface area contributed by atoms with E-state index in [-0.39, 0.29) is 0 Å². The zero-order chi connectivity index (χ0) is 21.9. The van der Waals surface area contributed by atoms with Gasteiger partial charge in [-0.25, -0.2) is 9.97 Å². The number of rotatable bonds is 3. The van der Waals surface area contributed by atoms with Crippen LogP contribution in [0.2, 0.25) is 0 Å². The van der Waals surface area contributed by atoms with Crippen molar-refractivity contribution >= 4 is 5.82 Å². The molecule has 2 aromatic heterocycles. The first-order chi connectivity index (χ1) is 14.6. The highest BCUT2D eigenvalue weighted by molar-refractivity contribution is 5.40. The van der Waals surface area contributed by atoms with Crippen molar-refractivity contribution in [2.75, 3.05) is 38.6 Å². The SMILES string of the molecule is CC.CNCc1cc(N2CCN(C)[C@H](C)C2)nc(C)n1.c1cnc2c(c1)CCCC2. The number of likely N-dealkylation sites (N-methyl/N-ethyl adjacent to an activating group) is 1. The van der Waals surface area contributed by atoms with Gasteiger partial charge in [0.05, 0.1) is 5.69 Å². The molecular weight excluding hydrogens is 372 g/mol. The van der Waals surface area contributed by atoms with Crippen molar-refractivity contribution in [3.63, 3.8) is 0 Å². The third-order valence-corrected chi connectivity index (χ3v) is 5.61. The summed E-state index contributed by atoms with van der Waals surface area (Å²) in [4.78, 5) is 18.1.